The third-order valence-corrected chi connectivity index (χ3v) is 10.0. The van der Waals surface area contributed by atoms with E-state index in [0.29, 0.717) is 0 Å². The van der Waals surface area contributed by atoms with Crippen molar-refractivity contribution in [3.63, 3.8) is 0 Å². The van der Waals surface area contributed by atoms with Gasteiger partial charge in [0.25, 0.3) is 0 Å². The fourth-order valence-electron chi connectivity index (χ4n) is 7.85. The van der Waals surface area contributed by atoms with E-state index in [4.69, 9.17) is 0 Å². The van der Waals surface area contributed by atoms with Crippen molar-refractivity contribution < 1.29 is 0 Å². The van der Waals surface area contributed by atoms with Crippen molar-refractivity contribution in [1.29, 1.82) is 0 Å². The molecule has 2 nitrogen and oxygen atoms in total. The van der Waals surface area contributed by atoms with Crippen LogP contribution in [0.15, 0.2) is 182 Å². The second kappa shape index (κ2) is 11.0. The number of hydrogen-bond acceptors (Lipinski definition) is 1. The molecule has 0 atom stereocenters. The lowest BCUT2D eigenvalue weighted by Gasteiger charge is -2.18. The van der Waals surface area contributed by atoms with Crippen molar-refractivity contribution in [2.75, 3.05) is 0 Å². The van der Waals surface area contributed by atoms with Gasteiger partial charge in [0.2, 0.25) is 0 Å². The normalized spacial score (nSPS) is 11.7. The summed E-state index contributed by atoms with van der Waals surface area (Å²) in [6.07, 6.45) is 3.87. The largest absolute Gasteiger partial charge is 0.309 e. The number of aromatic nitrogens is 2. The minimum Gasteiger partial charge on any atom is -0.309 e. The highest BCUT2D eigenvalue weighted by atomic mass is 15.0. The highest BCUT2D eigenvalue weighted by molar-refractivity contribution is 6.22. The van der Waals surface area contributed by atoms with Crippen LogP contribution in [-0.4, -0.2) is 9.55 Å². The highest BCUT2D eigenvalue weighted by Crippen LogP contribution is 2.45. The predicted molar refractivity (Wildman–Crippen MR) is 207 cm³/mol. The van der Waals surface area contributed by atoms with Crippen molar-refractivity contribution in [2.24, 2.45) is 0 Å². The summed E-state index contributed by atoms with van der Waals surface area (Å²) in [6, 6.07) is 61.8. The molecule has 0 unspecified atom stereocenters. The fraction of sp³-hybridized carbons (Fsp3) is 0. The Hall–Kier alpha value is -6.51. The summed E-state index contributed by atoms with van der Waals surface area (Å²) in [6.45, 7) is 0. The van der Waals surface area contributed by atoms with Gasteiger partial charge < -0.3 is 4.57 Å². The zero-order chi connectivity index (χ0) is 32.3. The molecule has 0 saturated carbocycles. The lowest BCUT2D eigenvalue weighted by Crippen LogP contribution is -1.93. The second-order valence-corrected chi connectivity index (χ2v) is 12.8. The van der Waals surface area contributed by atoms with Gasteiger partial charge >= 0.3 is 0 Å². The number of fused-ring (bicyclic) bond motifs is 6. The lowest BCUT2D eigenvalue weighted by atomic mass is 9.85. The van der Waals surface area contributed by atoms with Gasteiger partial charge in [0, 0.05) is 28.9 Å². The Morgan fingerprint density at radius 1 is 0.347 bits per heavy atom. The molecule has 0 saturated heterocycles. The van der Waals surface area contributed by atoms with Gasteiger partial charge in [-0.3, -0.25) is 4.98 Å². The van der Waals surface area contributed by atoms with Crippen molar-refractivity contribution in [3.05, 3.63) is 182 Å². The van der Waals surface area contributed by atoms with E-state index in [0.717, 1.165) is 16.6 Å². The zero-order valence-electron chi connectivity index (χ0n) is 26.7. The van der Waals surface area contributed by atoms with Crippen LogP contribution in [0, 0.1) is 0 Å². The molecular weight excluding hydrogens is 593 g/mol. The van der Waals surface area contributed by atoms with Crippen LogP contribution < -0.4 is 0 Å². The third kappa shape index (κ3) is 4.38. The van der Waals surface area contributed by atoms with Gasteiger partial charge in [-0.1, -0.05) is 127 Å². The molecule has 0 aliphatic rings. The standard InChI is InChI=1S/C47H30N2/c1-2-15-37(16-3-1)49-44-24-23-34(29-42(44)43-30-48-26-25-45(43)49)33-13-10-14-35(28-33)46-38-17-6-8-19-40(38)47(41-20-9-7-18-39(41)46)36-22-21-31-11-4-5-12-32(31)27-36/h1-30H. The number of nitrogens with zero attached hydrogens (tertiary/aromatic N) is 2. The van der Waals surface area contributed by atoms with Crippen molar-refractivity contribution in [2.45, 2.75) is 0 Å². The molecule has 0 radical (unpaired) electrons. The minimum atomic E-state index is 1.15. The molecule has 2 heteroatoms. The molecule has 0 spiro atoms. The molecule has 2 heterocycles. The fourth-order valence-corrected chi connectivity index (χ4v) is 7.85. The summed E-state index contributed by atoms with van der Waals surface area (Å²) in [5, 5.41) is 9.91. The summed E-state index contributed by atoms with van der Waals surface area (Å²) in [4.78, 5) is 4.51. The molecule has 0 amide bonds. The molecule has 2 aromatic heterocycles. The molecule has 10 aromatic rings. The average Bonchev–Trinajstić information content (AvgIpc) is 3.51. The number of hydrogen-bond donors (Lipinski definition) is 0. The van der Waals surface area contributed by atoms with Gasteiger partial charge in [0.05, 0.1) is 11.0 Å². The number of pyridine rings is 1. The molecule has 228 valence electrons. The van der Waals surface area contributed by atoms with E-state index in [1.807, 2.05) is 12.4 Å². The Labute approximate surface area is 284 Å². The molecule has 49 heavy (non-hydrogen) atoms. The Kier molecular flexibility index (Phi) is 6.22. The predicted octanol–water partition coefficient (Wildman–Crippen LogP) is 12.6. The van der Waals surface area contributed by atoms with E-state index in [1.54, 1.807) is 0 Å². The smallest absolute Gasteiger partial charge is 0.0571 e. The molecular formula is C47H30N2. The van der Waals surface area contributed by atoms with Crippen LogP contribution in [-0.2, 0) is 0 Å². The van der Waals surface area contributed by atoms with Crippen LogP contribution >= 0.6 is 0 Å². The number of benzene rings is 8. The first-order valence-corrected chi connectivity index (χ1v) is 16.8. The molecule has 10 rings (SSSR count). The maximum absolute atomic E-state index is 4.51. The summed E-state index contributed by atoms with van der Waals surface area (Å²) in [7, 11) is 0. The monoisotopic (exact) mass is 622 g/mol. The third-order valence-electron chi connectivity index (χ3n) is 10.0. The van der Waals surface area contributed by atoms with E-state index in [2.05, 4.69) is 179 Å². The Balaban J connectivity index is 1.18. The maximum Gasteiger partial charge on any atom is 0.0571 e. The van der Waals surface area contributed by atoms with Gasteiger partial charge in [0.15, 0.2) is 0 Å². The van der Waals surface area contributed by atoms with E-state index in [1.165, 1.54) is 76.6 Å². The molecule has 0 bridgehead atoms. The maximum atomic E-state index is 4.51. The van der Waals surface area contributed by atoms with E-state index >= 15 is 0 Å². The lowest BCUT2D eigenvalue weighted by molar-refractivity contribution is 1.17. The van der Waals surface area contributed by atoms with E-state index in [-0.39, 0.29) is 0 Å². The van der Waals surface area contributed by atoms with Crippen molar-refractivity contribution in [3.8, 4) is 39.1 Å². The van der Waals surface area contributed by atoms with Crippen LogP contribution in [0.4, 0.5) is 0 Å². The van der Waals surface area contributed by atoms with Gasteiger partial charge in [-0.15, -0.1) is 0 Å². The van der Waals surface area contributed by atoms with E-state index in [9.17, 15) is 0 Å². The first-order chi connectivity index (χ1) is 24.3. The molecule has 8 aromatic carbocycles. The number of rotatable bonds is 4. The van der Waals surface area contributed by atoms with Crippen LogP contribution in [0.3, 0.4) is 0 Å². The van der Waals surface area contributed by atoms with Crippen LogP contribution in [0.25, 0.3) is 93.2 Å². The molecule has 0 aliphatic carbocycles. The van der Waals surface area contributed by atoms with Gasteiger partial charge in [-0.05, 0) is 108 Å². The van der Waals surface area contributed by atoms with Crippen LogP contribution in [0.5, 0.6) is 0 Å². The quantitative estimate of drug-likeness (QED) is 0.179. The number of para-hydroxylation sites is 1. The Morgan fingerprint density at radius 3 is 1.65 bits per heavy atom. The summed E-state index contributed by atoms with van der Waals surface area (Å²) >= 11 is 0. The Morgan fingerprint density at radius 2 is 0.918 bits per heavy atom. The molecule has 0 N–H and O–H groups in total. The summed E-state index contributed by atoms with van der Waals surface area (Å²) in [5.41, 5.74) is 10.9. The topological polar surface area (TPSA) is 17.8 Å². The Bertz CT molecular complexity index is 2820. The first kappa shape index (κ1) is 27.6. The van der Waals surface area contributed by atoms with E-state index < -0.39 is 0 Å². The van der Waals surface area contributed by atoms with Gasteiger partial charge in [-0.25, -0.2) is 0 Å². The summed E-state index contributed by atoms with van der Waals surface area (Å²) < 4.78 is 2.34. The molecule has 0 aliphatic heterocycles. The highest BCUT2D eigenvalue weighted by Gasteiger charge is 2.18. The van der Waals surface area contributed by atoms with Gasteiger partial charge in [0.1, 0.15) is 0 Å². The van der Waals surface area contributed by atoms with Crippen LogP contribution in [0.1, 0.15) is 0 Å². The summed E-state index contributed by atoms with van der Waals surface area (Å²) in [5.74, 6) is 0. The molecule has 0 fully saturated rings. The van der Waals surface area contributed by atoms with Crippen molar-refractivity contribution in [1.82, 2.24) is 9.55 Å². The van der Waals surface area contributed by atoms with Crippen LogP contribution in [0.2, 0.25) is 0 Å². The minimum absolute atomic E-state index is 1.15. The first-order valence-electron chi connectivity index (χ1n) is 16.8. The average molecular weight is 623 g/mol. The van der Waals surface area contributed by atoms with Crippen molar-refractivity contribution >= 4 is 54.1 Å². The second-order valence-electron chi connectivity index (χ2n) is 12.8. The van der Waals surface area contributed by atoms with Gasteiger partial charge in [-0.2, -0.15) is 0 Å². The zero-order valence-corrected chi connectivity index (χ0v) is 26.7. The SMILES string of the molecule is c1ccc(-n2c3ccncc3c3cc(-c4cccc(-c5c6ccccc6c(-c6ccc7ccccc7c6)c6ccccc56)c4)ccc32)cc1.